The third-order valence-corrected chi connectivity index (χ3v) is 7.26. The molecule has 1 heterocycles. The number of hydrogen-bond donors (Lipinski definition) is 2. The van der Waals surface area contributed by atoms with Crippen LogP contribution in [-0.4, -0.2) is 31.5 Å². The Labute approximate surface area is 212 Å². The Kier molecular flexibility index (Phi) is 7.73. The molecule has 0 saturated carbocycles. The van der Waals surface area contributed by atoms with E-state index in [1.165, 1.54) is 18.4 Å². The van der Waals surface area contributed by atoms with E-state index in [2.05, 4.69) is 17.6 Å². The molecule has 0 radical (unpaired) electrons. The van der Waals surface area contributed by atoms with E-state index in [1.807, 2.05) is 0 Å². The smallest absolute Gasteiger partial charge is 0.341 e. The van der Waals surface area contributed by atoms with Gasteiger partial charge in [0.25, 0.3) is 11.8 Å². The van der Waals surface area contributed by atoms with Crippen molar-refractivity contribution in [2.45, 2.75) is 26.2 Å². The summed E-state index contributed by atoms with van der Waals surface area (Å²) in [4.78, 5) is 38.5. The van der Waals surface area contributed by atoms with E-state index >= 15 is 0 Å². The van der Waals surface area contributed by atoms with Crippen LogP contribution in [-0.2, 0) is 22.4 Å². The first-order chi connectivity index (χ1) is 16.9. The molecule has 3 aromatic rings. The van der Waals surface area contributed by atoms with Gasteiger partial charge < -0.3 is 20.1 Å². The minimum absolute atomic E-state index is 0.245. The molecule has 1 aromatic heterocycles. The maximum absolute atomic E-state index is 12.6. The van der Waals surface area contributed by atoms with Gasteiger partial charge in [-0.05, 0) is 67.1 Å². The maximum atomic E-state index is 12.6. The largest absolute Gasteiger partial charge is 0.484 e. The van der Waals surface area contributed by atoms with E-state index in [0.29, 0.717) is 38.5 Å². The first kappa shape index (κ1) is 24.8. The summed E-state index contributed by atoms with van der Waals surface area (Å²) in [6.07, 6.45) is 2.67. The molecule has 0 spiro atoms. The number of thiophene rings is 1. The van der Waals surface area contributed by atoms with Crippen LogP contribution in [0.4, 0.5) is 10.7 Å². The number of fused-ring (bicyclic) bond motifs is 1. The number of nitrogens with one attached hydrogen (secondary N) is 2. The summed E-state index contributed by atoms with van der Waals surface area (Å²) in [5.41, 5.74) is 2.36. The third kappa shape index (κ3) is 5.83. The number of carbonyl (C=O) groups excluding carboxylic acids is 3. The van der Waals surface area contributed by atoms with Gasteiger partial charge in [0.15, 0.2) is 6.61 Å². The molecule has 1 unspecified atom stereocenters. The van der Waals surface area contributed by atoms with E-state index in [-0.39, 0.29) is 18.4 Å². The van der Waals surface area contributed by atoms with Gasteiger partial charge in [-0.25, -0.2) is 4.79 Å². The Balaban J connectivity index is 1.37. The molecule has 1 aliphatic carbocycles. The molecule has 7 nitrogen and oxygen atoms in total. The molecule has 182 valence electrons. The van der Waals surface area contributed by atoms with Crippen molar-refractivity contribution in [3.05, 3.63) is 75.1 Å². The Hall–Kier alpha value is -3.36. The summed E-state index contributed by atoms with van der Waals surface area (Å²) in [6, 6.07) is 13.4. The number of benzene rings is 2. The molecule has 35 heavy (non-hydrogen) atoms. The molecular formula is C26H25ClN2O5S. The van der Waals surface area contributed by atoms with E-state index in [0.717, 1.165) is 29.7 Å². The molecule has 1 aliphatic rings. The zero-order valence-corrected chi connectivity index (χ0v) is 20.9. The van der Waals surface area contributed by atoms with Crippen LogP contribution in [0.25, 0.3) is 0 Å². The quantitative estimate of drug-likeness (QED) is 0.403. The van der Waals surface area contributed by atoms with Crippen LogP contribution in [0.5, 0.6) is 5.75 Å². The van der Waals surface area contributed by atoms with Gasteiger partial charge in [-0.15, -0.1) is 11.3 Å². The lowest BCUT2D eigenvalue weighted by atomic mass is 9.88. The summed E-state index contributed by atoms with van der Waals surface area (Å²) < 4.78 is 10.5. The van der Waals surface area contributed by atoms with Crippen LogP contribution in [0.2, 0.25) is 5.02 Å². The summed E-state index contributed by atoms with van der Waals surface area (Å²) in [5.74, 6) is -0.176. The number of esters is 1. The fourth-order valence-corrected chi connectivity index (χ4v) is 5.53. The topological polar surface area (TPSA) is 93.7 Å². The molecule has 2 aromatic carbocycles. The average Bonchev–Trinajstić information content (AvgIpc) is 3.20. The fourth-order valence-electron chi connectivity index (χ4n) is 3.93. The van der Waals surface area contributed by atoms with E-state index in [4.69, 9.17) is 21.1 Å². The number of halogens is 1. The van der Waals surface area contributed by atoms with Crippen LogP contribution in [0.3, 0.4) is 0 Å². The first-order valence-corrected chi connectivity index (χ1v) is 12.4. The summed E-state index contributed by atoms with van der Waals surface area (Å²) in [7, 11) is 1.34. The number of rotatable bonds is 7. The van der Waals surface area contributed by atoms with Crippen molar-refractivity contribution in [2.24, 2.45) is 5.92 Å². The predicted octanol–water partition coefficient (Wildman–Crippen LogP) is 5.58. The fraction of sp³-hybridized carbons (Fsp3) is 0.269. The van der Waals surface area contributed by atoms with Crippen molar-refractivity contribution < 1.29 is 23.9 Å². The molecule has 0 saturated heterocycles. The lowest BCUT2D eigenvalue weighted by Gasteiger charge is -2.18. The number of carbonyl (C=O) groups is 3. The normalized spacial score (nSPS) is 14.5. The zero-order valence-electron chi connectivity index (χ0n) is 19.4. The molecule has 0 bridgehead atoms. The molecule has 2 amide bonds. The van der Waals surface area contributed by atoms with Gasteiger partial charge in [-0.2, -0.15) is 0 Å². The highest BCUT2D eigenvalue weighted by Crippen LogP contribution is 2.40. The second-order valence-electron chi connectivity index (χ2n) is 8.34. The van der Waals surface area contributed by atoms with Gasteiger partial charge in [-0.1, -0.05) is 30.7 Å². The van der Waals surface area contributed by atoms with Crippen molar-refractivity contribution >= 4 is 51.4 Å². The minimum Gasteiger partial charge on any atom is -0.484 e. The van der Waals surface area contributed by atoms with Crippen LogP contribution in [0.1, 0.15) is 44.5 Å². The minimum atomic E-state index is -0.445. The van der Waals surface area contributed by atoms with Crippen LogP contribution >= 0.6 is 22.9 Å². The standard InChI is InChI=1S/C26H25ClN2O5S/c1-15-7-12-18-21(13-15)35-25(23(18)26(32)33-2)29-22(30)14-34-17-10-8-16(9-11-17)24(31)28-20-6-4-3-5-19(20)27/h3-6,8-11,15H,7,12-14H2,1-2H3,(H,28,31)(H,29,30). The van der Waals surface area contributed by atoms with Gasteiger partial charge in [0.2, 0.25) is 0 Å². The van der Waals surface area contributed by atoms with E-state index < -0.39 is 5.97 Å². The van der Waals surface area contributed by atoms with Gasteiger partial charge in [0.05, 0.1) is 23.4 Å². The molecular weight excluding hydrogens is 488 g/mol. The number of ether oxygens (including phenoxy) is 2. The second-order valence-corrected chi connectivity index (χ2v) is 9.86. The Bertz CT molecular complexity index is 1260. The van der Waals surface area contributed by atoms with Gasteiger partial charge >= 0.3 is 5.97 Å². The monoisotopic (exact) mass is 512 g/mol. The van der Waals surface area contributed by atoms with Crippen LogP contribution in [0, 0.1) is 5.92 Å². The van der Waals surface area contributed by atoms with Crippen molar-refractivity contribution in [1.29, 1.82) is 0 Å². The lowest BCUT2D eigenvalue weighted by Crippen LogP contribution is -2.21. The van der Waals surface area contributed by atoms with Crippen molar-refractivity contribution in [2.75, 3.05) is 24.4 Å². The Morgan fingerprint density at radius 2 is 1.83 bits per heavy atom. The second kappa shape index (κ2) is 10.9. The molecule has 0 fully saturated rings. The molecule has 4 rings (SSSR count). The number of methoxy groups -OCH3 is 1. The zero-order chi connectivity index (χ0) is 24.9. The lowest BCUT2D eigenvalue weighted by molar-refractivity contribution is -0.118. The summed E-state index contributed by atoms with van der Waals surface area (Å²) >= 11 is 7.51. The Morgan fingerprint density at radius 3 is 2.54 bits per heavy atom. The Morgan fingerprint density at radius 1 is 1.09 bits per heavy atom. The predicted molar refractivity (Wildman–Crippen MR) is 137 cm³/mol. The molecule has 0 aliphatic heterocycles. The molecule has 1 atom stereocenters. The SMILES string of the molecule is COC(=O)c1c(NC(=O)COc2ccc(C(=O)Nc3ccccc3Cl)cc2)sc2c1CCC(C)C2. The van der Waals surface area contributed by atoms with Gasteiger partial charge in [0, 0.05) is 10.4 Å². The van der Waals surface area contributed by atoms with E-state index in [9.17, 15) is 14.4 Å². The molecule has 2 N–H and O–H groups in total. The summed E-state index contributed by atoms with van der Waals surface area (Å²) in [6.45, 7) is 1.93. The van der Waals surface area contributed by atoms with Crippen LogP contribution in [0.15, 0.2) is 48.5 Å². The molecule has 9 heteroatoms. The van der Waals surface area contributed by atoms with Crippen molar-refractivity contribution in [3.63, 3.8) is 0 Å². The number of hydrogen-bond acceptors (Lipinski definition) is 6. The highest BCUT2D eigenvalue weighted by atomic mass is 35.5. The third-order valence-electron chi connectivity index (χ3n) is 5.76. The number of amides is 2. The van der Waals surface area contributed by atoms with Crippen LogP contribution < -0.4 is 15.4 Å². The highest BCUT2D eigenvalue weighted by Gasteiger charge is 2.29. The van der Waals surface area contributed by atoms with Crippen molar-refractivity contribution in [3.8, 4) is 5.75 Å². The number of para-hydroxylation sites is 1. The maximum Gasteiger partial charge on any atom is 0.341 e. The van der Waals surface area contributed by atoms with Gasteiger partial charge in [0.1, 0.15) is 10.8 Å². The number of anilines is 2. The van der Waals surface area contributed by atoms with Crippen molar-refractivity contribution in [1.82, 2.24) is 0 Å². The summed E-state index contributed by atoms with van der Waals surface area (Å²) in [5, 5.41) is 6.50. The van der Waals surface area contributed by atoms with E-state index in [1.54, 1.807) is 48.5 Å². The van der Waals surface area contributed by atoms with Gasteiger partial charge in [-0.3, -0.25) is 9.59 Å². The average molecular weight is 513 g/mol. The highest BCUT2D eigenvalue weighted by molar-refractivity contribution is 7.17. The first-order valence-electron chi connectivity index (χ1n) is 11.2.